The Morgan fingerprint density at radius 3 is 2.56 bits per heavy atom. The van der Waals surface area contributed by atoms with Crippen molar-refractivity contribution in [2.45, 2.75) is 25.7 Å². The summed E-state index contributed by atoms with van der Waals surface area (Å²) in [5, 5.41) is 0.858. The molecule has 0 aromatic carbocycles. The van der Waals surface area contributed by atoms with E-state index in [0.717, 1.165) is 5.33 Å². The van der Waals surface area contributed by atoms with E-state index in [2.05, 4.69) is 15.9 Å². The highest BCUT2D eigenvalue weighted by Crippen LogP contribution is 2.22. The quantitative estimate of drug-likeness (QED) is 0.590. The zero-order chi connectivity index (χ0) is 6.91. The van der Waals surface area contributed by atoms with Crippen LogP contribution in [-0.4, -0.2) is 23.8 Å². The average Bonchev–Trinajstić information content (AvgIpc) is 2.10. The average molecular weight is 195 g/mol. The van der Waals surface area contributed by atoms with Crippen LogP contribution in [0.3, 0.4) is 0 Å². The second-order valence-corrected chi connectivity index (χ2v) is 3.25. The molecule has 0 aromatic rings. The van der Waals surface area contributed by atoms with Crippen LogP contribution in [0, 0.1) is 0 Å². The lowest BCUT2D eigenvalue weighted by atomic mass is 10.4. The molecule has 0 bridgehead atoms. The minimum Gasteiger partial charge on any atom is -0.348 e. The molecule has 0 spiro atoms. The molecule has 1 unspecified atom stereocenters. The van der Waals surface area contributed by atoms with E-state index in [9.17, 15) is 0 Å². The summed E-state index contributed by atoms with van der Waals surface area (Å²) in [6.07, 6.45) is 0.236. The Kier molecular flexibility index (Phi) is 2.14. The molecule has 3 heteroatoms. The van der Waals surface area contributed by atoms with Crippen LogP contribution in [0.2, 0.25) is 0 Å². The fourth-order valence-corrected chi connectivity index (χ4v) is 1.16. The Morgan fingerprint density at radius 1 is 1.67 bits per heavy atom. The molecule has 1 aliphatic heterocycles. The van der Waals surface area contributed by atoms with Crippen molar-refractivity contribution in [3.05, 3.63) is 0 Å². The minimum absolute atomic E-state index is 0.236. The van der Waals surface area contributed by atoms with Gasteiger partial charge < -0.3 is 9.47 Å². The predicted octanol–water partition coefficient (Wildman–Crippen LogP) is 1.53. The van der Waals surface area contributed by atoms with Crippen LogP contribution in [0.1, 0.15) is 13.8 Å². The Balaban J connectivity index is 2.38. The molecule has 0 aliphatic carbocycles. The molecule has 0 N–H and O–H groups in total. The Labute approximate surface area is 63.7 Å². The Bertz CT molecular complexity index is 103. The topological polar surface area (TPSA) is 18.5 Å². The van der Waals surface area contributed by atoms with Crippen LogP contribution >= 0.6 is 15.9 Å². The monoisotopic (exact) mass is 194 g/mol. The summed E-state index contributed by atoms with van der Waals surface area (Å²) in [5.74, 6) is -0.363. The number of hydrogen-bond acceptors (Lipinski definition) is 2. The molecule has 1 saturated heterocycles. The van der Waals surface area contributed by atoms with Gasteiger partial charge in [-0.15, -0.1) is 0 Å². The van der Waals surface area contributed by atoms with Gasteiger partial charge in [0.25, 0.3) is 0 Å². The molecule has 0 saturated carbocycles. The standard InChI is InChI=1S/C6H11BrO2/c1-6(2)8-4-5(3-7)9-6/h5H,3-4H2,1-2H3. The van der Waals surface area contributed by atoms with E-state index >= 15 is 0 Å². The number of alkyl halides is 1. The fourth-order valence-electron chi connectivity index (χ4n) is 0.839. The van der Waals surface area contributed by atoms with Gasteiger partial charge in [-0.1, -0.05) is 15.9 Å². The van der Waals surface area contributed by atoms with Crippen molar-refractivity contribution in [1.82, 2.24) is 0 Å². The molecule has 54 valence electrons. The SMILES string of the molecule is CC1(C)OCC(CBr)O1. The van der Waals surface area contributed by atoms with Crippen molar-refractivity contribution in [3.63, 3.8) is 0 Å². The molecule has 2 nitrogen and oxygen atoms in total. The third-order valence-electron chi connectivity index (χ3n) is 1.24. The van der Waals surface area contributed by atoms with Crippen molar-refractivity contribution in [2.75, 3.05) is 11.9 Å². The molecule has 1 heterocycles. The van der Waals surface area contributed by atoms with Gasteiger partial charge in [-0.2, -0.15) is 0 Å². The van der Waals surface area contributed by atoms with Crippen molar-refractivity contribution in [2.24, 2.45) is 0 Å². The van der Waals surface area contributed by atoms with E-state index < -0.39 is 0 Å². The first kappa shape index (κ1) is 7.51. The van der Waals surface area contributed by atoms with Gasteiger partial charge >= 0.3 is 0 Å². The second-order valence-electron chi connectivity index (χ2n) is 2.60. The van der Waals surface area contributed by atoms with Crippen LogP contribution in [0.4, 0.5) is 0 Å². The molecule has 0 amide bonds. The Hall–Kier alpha value is 0.400. The second kappa shape index (κ2) is 2.56. The molecule has 0 aromatic heterocycles. The number of ether oxygens (including phenoxy) is 2. The van der Waals surface area contributed by atoms with Crippen molar-refractivity contribution in [1.29, 1.82) is 0 Å². The number of rotatable bonds is 1. The van der Waals surface area contributed by atoms with E-state index in [1.807, 2.05) is 13.8 Å². The van der Waals surface area contributed by atoms with Crippen LogP contribution < -0.4 is 0 Å². The maximum absolute atomic E-state index is 5.43. The summed E-state index contributed by atoms with van der Waals surface area (Å²) in [5.41, 5.74) is 0. The molecule has 0 radical (unpaired) electrons. The van der Waals surface area contributed by atoms with Crippen LogP contribution in [0.25, 0.3) is 0 Å². The molecule has 1 aliphatic rings. The van der Waals surface area contributed by atoms with Gasteiger partial charge in [0.2, 0.25) is 0 Å². The van der Waals surface area contributed by atoms with Gasteiger partial charge in [0.1, 0.15) is 0 Å². The van der Waals surface area contributed by atoms with Crippen molar-refractivity contribution >= 4 is 15.9 Å². The smallest absolute Gasteiger partial charge is 0.163 e. The predicted molar refractivity (Wildman–Crippen MR) is 38.7 cm³/mol. The van der Waals surface area contributed by atoms with Gasteiger partial charge in [-0.05, 0) is 13.8 Å². The highest BCUT2D eigenvalue weighted by Gasteiger charge is 2.31. The molecular formula is C6H11BrO2. The number of halogens is 1. The van der Waals surface area contributed by atoms with Gasteiger partial charge in [0.15, 0.2) is 5.79 Å². The summed E-state index contributed by atoms with van der Waals surface area (Å²) in [6, 6.07) is 0. The lowest BCUT2D eigenvalue weighted by Crippen LogP contribution is -2.21. The lowest BCUT2D eigenvalue weighted by molar-refractivity contribution is -0.135. The zero-order valence-corrected chi connectivity index (χ0v) is 7.27. The third-order valence-corrected chi connectivity index (χ3v) is 1.96. The van der Waals surface area contributed by atoms with E-state index in [1.54, 1.807) is 0 Å². The highest BCUT2D eigenvalue weighted by atomic mass is 79.9. The van der Waals surface area contributed by atoms with Crippen molar-refractivity contribution in [3.8, 4) is 0 Å². The molecule has 1 atom stereocenters. The summed E-state index contributed by atoms with van der Waals surface area (Å²) >= 11 is 3.32. The lowest BCUT2D eigenvalue weighted by Gasteiger charge is -2.15. The first-order valence-corrected chi connectivity index (χ1v) is 4.14. The maximum atomic E-state index is 5.43. The molecule has 1 fully saturated rings. The normalized spacial score (nSPS) is 33.0. The summed E-state index contributed by atoms with van der Waals surface area (Å²) < 4.78 is 10.7. The van der Waals surface area contributed by atoms with E-state index in [-0.39, 0.29) is 11.9 Å². The summed E-state index contributed by atoms with van der Waals surface area (Å²) in [7, 11) is 0. The third kappa shape index (κ3) is 1.92. The van der Waals surface area contributed by atoms with Gasteiger partial charge in [0.05, 0.1) is 12.7 Å². The van der Waals surface area contributed by atoms with Crippen LogP contribution in [0.15, 0.2) is 0 Å². The van der Waals surface area contributed by atoms with E-state index in [4.69, 9.17) is 9.47 Å². The van der Waals surface area contributed by atoms with E-state index in [0.29, 0.717) is 6.61 Å². The minimum atomic E-state index is -0.363. The van der Waals surface area contributed by atoms with Gasteiger partial charge in [-0.25, -0.2) is 0 Å². The molecule has 1 rings (SSSR count). The van der Waals surface area contributed by atoms with Crippen LogP contribution in [0.5, 0.6) is 0 Å². The van der Waals surface area contributed by atoms with E-state index in [1.165, 1.54) is 0 Å². The summed E-state index contributed by atoms with van der Waals surface area (Å²) in [6.45, 7) is 4.56. The van der Waals surface area contributed by atoms with Gasteiger partial charge in [-0.3, -0.25) is 0 Å². The number of hydrogen-bond donors (Lipinski definition) is 0. The van der Waals surface area contributed by atoms with Crippen LogP contribution in [-0.2, 0) is 9.47 Å². The molecular weight excluding hydrogens is 184 g/mol. The zero-order valence-electron chi connectivity index (χ0n) is 5.69. The van der Waals surface area contributed by atoms with Crippen molar-refractivity contribution < 1.29 is 9.47 Å². The Morgan fingerprint density at radius 2 is 2.33 bits per heavy atom. The first-order valence-electron chi connectivity index (χ1n) is 3.02. The summed E-state index contributed by atoms with van der Waals surface area (Å²) in [4.78, 5) is 0. The maximum Gasteiger partial charge on any atom is 0.163 e. The fraction of sp³-hybridized carbons (Fsp3) is 1.00. The largest absolute Gasteiger partial charge is 0.348 e. The molecule has 9 heavy (non-hydrogen) atoms. The highest BCUT2D eigenvalue weighted by molar-refractivity contribution is 9.09. The first-order chi connectivity index (χ1) is 4.14. The van der Waals surface area contributed by atoms with Gasteiger partial charge in [0, 0.05) is 5.33 Å².